The summed E-state index contributed by atoms with van der Waals surface area (Å²) in [5, 5.41) is 8.54. The minimum absolute atomic E-state index is 0.0121. The average Bonchev–Trinajstić information content (AvgIpc) is 2.03. The van der Waals surface area contributed by atoms with Crippen molar-refractivity contribution in [3.05, 3.63) is 11.8 Å². The first kappa shape index (κ1) is 12.3. The predicted molar refractivity (Wildman–Crippen MR) is 47.4 cm³/mol. The third-order valence-electron chi connectivity index (χ3n) is 1.38. The van der Waals surface area contributed by atoms with Crippen LogP contribution in [-0.4, -0.2) is 22.8 Å². The van der Waals surface area contributed by atoms with Gasteiger partial charge >= 0.3 is 11.9 Å². The molecule has 0 amide bonds. The van der Waals surface area contributed by atoms with Gasteiger partial charge in [-0.05, 0) is 13.3 Å². The van der Waals surface area contributed by atoms with Gasteiger partial charge in [0, 0.05) is 0 Å². The van der Waals surface area contributed by atoms with Gasteiger partial charge in [0.2, 0.25) is 0 Å². The molecule has 0 aliphatic rings. The molecule has 0 radical (unpaired) electrons. The molecule has 0 atom stereocenters. The van der Waals surface area contributed by atoms with E-state index in [-0.39, 0.29) is 24.2 Å². The Morgan fingerprint density at radius 3 is 2.29 bits per heavy atom. The van der Waals surface area contributed by atoms with Crippen molar-refractivity contribution in [1.29, 1.82) is 0 Å². The molecule has 1 N–H and O–H groups in total. The smallest absolute Gasteiger partial charge is 0.334 e. The molecule has 78 valence electrons. The zero-order chi connectivity index (χ0) is 11.1. The third-order valence-corrected chi connectivity index (χ3v) is 1.38. The van der Waals surface area contributed by atoms with Crippen molar-refractivity contribution in [3.8, 4) is 0 Å². The molecule has 5 nitrogen and oxygen atoms in total. The average molecular weight is 200 g/mol. The maximum absolute atomic E-state index is 10.8. The van der Waals surface area contributed by atoms with E-state index in [4.69, 9.17) is 5.11 Å². The first-order valence-electron chi connectivity index (χ1n) is 4.08. The number of ketones is 1. The van der Waals surface area contributed by atoms with Crippen LogP contribution in [0.4, 0.5) is 0 Å². The molecule has 0 bridgehead atoms. The number of carboxylic acid groups (broad SMARTS) is 1. The van der Waals surface area contributed by atoms with Gasteiger partial charge in [-0.3, -0.25) is 9.59 Å². The Bertz CT molecular complexity index is 277. The normalized spacial score (nSPS) is 10.9. The molecule has 0 unspecified atom stereocenters. The minimum Gasteiger partial charge on any atom is -0.478 e. The summed E-state index contributed by atoms with van der Waals surface area (Å²) >= 11 is 0. The topological polar surface area (TPSA) is 80.7 Å². The second kappa shape index (κ2) is 5.90. The van der Waals surface area contributed by atoms with E-state index in [1.54, 1.807) is 6.92 Å². The van der Waals surface area contributed by atoms with E-state index < -0.39 is 11.9 Å². The second-order valence-corrected chi connectivity index (χ2v) is 2.67. The molecular formula is C9H12O5. The zero-order valence-electron chi connectivity index (χ0n) is 8.07. The van der Waals surface area contributed by atoms with Gasteiger partial charge in [-0.2, -0.15) is 0 Å². The summed E-state index contributed by atoms with van der Waals surface area (Å²) in [6.07, 6.45) is 0.781. The number of ether oxygens (including phenoxy) is 1. The van der Waals surface area contributed by atoms with Crippen molar-refractivity contribution in [2.75, 3.05) is 0 Å². The lowest BCUT2D eigenvalue weighted by Gasteiger charge is -1.99. The van der Waals surface area contributed by atoms with Gasteiger partial charge in [-0.25, -0.2) is 4.79 Å². The van der Waals surface area contributed by atoms with Gasteiger partial charge in [0.15, 0.2) is 0 Å². The SMILES string of the molecule is CCC(=COC(=O)CC(C)=O)C(=O)O. The lowest BCUT2D eigenvalue weighted by molar-refractivity contribution is -0.140. The molecule has 0 aromatic carbocycles. The summed E-state index contributed by atoms with van der Waals surface area (Å²) in [6.45, 7) is 2.88. The van der Waals surface area contributed by atoms with Crippen molar-refractivity contribution >= 4 is 17.7 Å². The van der Waals surface area contributed by atoms with Crippen LogP contribution in [0.3, 0.4) is 0 Å². The number of carbonyl (C=O) groups excluding carboxylic acids is 2. The molecule has 0 rings (SSSR count). The number of hydrogen-bond donors (Lipinski definition) is 1. The van der Waals surface area contributed by atoms with Crippen LogP contribution in [0.5, 0.6) is 0 Å². The lowest BCUT2D eigenvalue weighted by atomic mass is 10.2. The Morgan fingerprint density at radius 2 is 1.93 bits per heavy atom. The number of carboxylic acids is 1. The predicted octanol–water partition coefficient (Wildman–Crippen LogP) is 0.887. The van der Waals surface area contributed by atoms with E-state index in [0.29, 0.717) is 0 Å². The molecule has 0 saturated heterocycles. The van der Waals surface area contributed by atoms with Crippen molar-refractivity contribution in [1.82, 2.24) is 0 Å². The van der Waals surface area contributed by atoms with E-state index in [1.807, 2.05) is 0 Å². The number of hydrogen-bond acceptors (Lipinski definition) is 4. The minimum atomic E-state index is -1.14. The Labute approximate surface area is 81.4 Å². The van der Waals surface area contributed by atoms with Crippen LogP contribution in [0.1, 0.15) is 26.7 Å². The van der Waals surface area contributed by atoms with Gasteiger partial charge in [-0.1, -0.05) is 6.92 Å². The molecule has 14 heavy (non-hydrogen) atoms. The highest BCUT2D eigenvalue weighted by atomic mass is 16.5. The number of Topliss-reactive ketones (excluding diaryl/α,β-unsaturated/α-hetero) is 1. The van der Waals surface area contributed by atoms with Gasteiger partial charge in [0.25, 0.3) is 0 Å². The van der Waals surface area contributed by atoms with Crippen molar-refractivity contribution in [2.24, 2.45) is 0 Å². The molecule has 0 spiro atoms. The molecular weight excluding hydrogens is 188 g/mol. The Balaban J connectivity index is 4.19. The molecule has 0 aromatic rings. The van der Waals surface area contributed by atoms with Crippen LogP contribution < -0.4 is 0 Å². The molecule has 0 heterocycles. The fraction of sp³-hybridized carbons (Fsp3) is 0.444. The summed E-state index contributed by atoms with van der Waals surface area (Å²) in [6, 6.07) is 0. The number of esters is 1. The molecule has 5 heteroatoms. The van der Waals surface area contributed by atoms with Gasteiger partial charge in [0.05, 0.1) is 5.57 Å². The number of aliphatic carboxylic acids is 1. The van der Waals surface area contributed by atoms with Crippen molar-refractivity contribution < 1.29 is 24.2 Å². The second-order valence-electron chi connectivity index (χ2n) is 2.67. The maximum atomic E-state index is 10.8. The van der Waals surface area contributed by atoms with Crippen LogP contribution in [0, 0.1) is 0 Å². The van der Waals surface area contributed by atoms with Gasteiger partial charge in [-0.15, -0.1) is 0 Å². The van der Waals surface area contributed by atoms with Crippen LogP contribution in [-0.2, 0) is 19.1 Å². The van der Waals surface area contributed by atoms with Crippen LogP contribution in [0.15, 0.2) is 11.8 Å². The van der Waals surface area contributed by atoms with E-state index >= 15 is 0 Å². The summed E-state index contributed by atoms with van der Waals surface area (Å²) in [7, 11) is 0. The molecule has 0 aliphatic carbocycles. The van der Waals surface area contributed by atoms with Crippen LogP contribution >= 0.6 is 0 Å². The van der Waals surface area contributed by atoms with Crippen molar-refractivity contribution in [3.63, 3.8) is 0 Å². The fourth-order valence-electron chi connectivity index (χ4n) is 0.667. The first-order valence-corrected chi connectivity index (χ1v) is 4.08. The highest BCUT2D eigenvalue weighted by Gasteiger charge is 2.08. The summed E-state index contributed by atoms with van der Waals surface area (Å²) in [4.78, 5) is 31.7. The molecule has 0 fully saturated rings. The van der Waals surface area contributed by atoms with Crippen molar-refractivity contribution in [2.45, 2.75) is 26.7 Å². The maximum Gasteiger partial charge on any atom is 0.334 e. The Hall–Kier alpha value is -1.65. The lowest BCUT2D eigenvalue weighted by Crippen LogP contribution is -2.07. The molecule has 0 saturated carbocycles. The summed E-state index contributed by atoms with van der Waals surface area (Å²) in [5.41, 5.74) is -0.0121. The molecule has 0 aromatic heterocycles. The van der Waals surface area contributed by atoms with E-state index in [1.165, 1.54) is 6.92 Å². The number of rotatable bonds is 5. The zero-order valence-corrected chi connectivity index (χ0v) is 8.07. The Kier molecular flexibility index (Phi) is 5.21. The monoisotopic (exact) mass is 200 g/mol. The highest BCUT2D eigenvalue weighted by Crippen LogP contribution is 2.01. The summed E-state index contributed by atoms with van der Waals surface area (Å²) < 4.78 is 4.46. The van der Waals surface area contributed by atoms with Crippen LogP contribution in [0.2, 0.25) is 0 Å². The molecule has 0 aliphatic heterocycles. The number of carbonyl (C=O) groups is 3. The van der Waals surface area contributed by atoms with E-state index in [9.17, 15) is 14.4 Å². The fourth-order valence-corrected chi connectivity index (χ4v) is 0.667. The van der Waals surface area contributed by atoms with E-state index in [0.717, 1.165) is 6.26 Å². The largest absolute Gasteiger partial charge is 0.478 e. The van der Waals surface area contributed by atoms with E-state index in [2.05, 4.69) is 4.74 Å². The van der Waals surface area contributed by atoms with Crippen LogP contribution in [0.25, 0.3) is 0 Å². The quantitative estimate of drug-likeness (QED) is 0.308. The highest BCUT2D eigenvalue weighted by molar-refractivity contribution is 5.94. The van der Waals surface area contributed by atoms with Gasteiger partial charge < -0.3 is 9.84 Å². The summed E-state index contributed by atoms with van der Waals surface area (Å²) in [5.74, 6) is -2.20. The van der Waals surface area contributed by atoms with Gasteiger partial charge in [0.1, 0.15) is 18.5 Å². The Morgan fingerprint density at radius 1 is 1.36 bits per heavy atom. The third kappa shape index (κ3) is 5.08. The first-order chi connectivity index (χ1) is 6.47. The standard InChI is InChI=1S/C9H12O5/c1-3-7(9(12)13)5-14-8(11)4-6(2)10/h5H,3-4H2,1-2H3,(H,12,13).